The van der Waals surface area contributed by atoms with Crippen molar-refractivity contribution in [2.45, 2.75) is 0 Å². The minimum Gasteiger partial charge on any atom is -0.455 e. The standard InChI is InChI=1S/C35H21N3O/c1-2-10-22(11-3-1)37-27-15-7-4-12-24(27)30-31-26-14-6-9-17-29(26)39-35(31)32-25-13-5-8-16-28(25)38(34(32)33(30)37)23-18-20-36-21-19-23/h1-21H. The predicted octanol–water partition coefficient (Wildman–Crippen LogP) is 9.18. The average molecular weight is 500 g/mol. The van der Waals surface area contributed by atoms with E-state index in [1.807, 2.05) is 18.5 Å². The van der Waals surface area contributed by atoms with Gasteiger partial charge >= 0.3 is 0 Å². The minimum absolute atomic E-state index is 0.901. The van der Waals surface area contributed by atoms with Gasteiger partial charge < -0.3 is 13.6 Å². The first-order chi connectivity index (χ1) is 19.4. The molecule has 0 aliphatic carbocycles. The van der Waals surface area contributed by atoms with Gasteiger partial charge in [0.1, 0.15) is 11.2 Å². The van der Waals surface area contributed by atoms with E-state index in [0.717, 1.165) is 49.7 Å². The lowest BCUT2D eigenvalue weighted by atomic mass is 10.0. The highest BCUT2D eigenvalue weighted by atomic mass is 16.3. The van der Waals surface area contributed by atoms with E-state index in [1.54, 1.807) is 0 Å². The van der Waals surface area contributed by atoms with E-state index >= 15 is 0 Å². The lowest BCUT2D eigenvalue weighted by Crippen LogP contribution is -1.98. The third-order valence-corrected chi connectivity index (χ3v) is 7.98. The SMILES string of the molecule is c1ccc(-n2c3ccccc3c3c4c5ccccc5oc4c4c5ccccc5n(-c5ccncc5)c4c32)cc1. The lowest BCUT2D eigenvalue weighted by molar-refractivity contribution is 0.673. The van der Waals surface area contributed by atoms with Gasteiger partial charge in [0.25, 0.3) is 0 Å². The summed E-state index contributed by atoms with van der Waals surface area (Å²) in [6, 6.07) is 40.6. The van der Waals surface area contributed by atoms with Crippen molar-refractivity contribution in [3.8, 4) is 11.4 Å². The molecule has 0 N–H and O–H groups in total. The zero-order chi connectivity index (χ0) is 25.5. The normalized spacial score (nSPS) is 12.1. The summed E-state index contributed by atoms with van der Waals surface area (Å²) in [5.74, 6) is 0. The highest BCUT2D eigenvalue weighted by Gasteiger charge is 2.27. The molecule has 4 heteroatoms. The quantitative estimate of drug-likeness (QED) is 0.238. The van der Waals surface area contributed by atoms with Gasteiger partial charge in [-0.25, -0.2) is 0 Å². The number of hydrogen-bond acceptors (Lipinski definition) is 2. The van der Waals surface area contributed by atoms with E-state index in [-0.39, 0.29) is 0 Å². The van der Waals surface area contributed by atoms with Crippen molar-refractivity contribution in [3.63, 3.8) is 0 Å². The number of fused-ring (bicyclic) bond motifs is 12. The molecule has 0 aliphatic rings. The molecule has 0 amide bonds. The van der Waals surface area contributed by atoms with Crippen LogP contribution in [0.5, 0.6) is 0 Å². The molecule has 4 nitrogen and oxygen atoms in total. The second kappa shape index (κ2) is 7.59. The predicted molar refractivity (Wildman–Crippen MR) is 160 cm³/mol. The first kappa shape index (κ1) is 20.7. The number of para-hydroxylation sites is 4. The summed E-state index contributed by atoms with van der Waals surface area (Å²) in [7, 11) is 0. The van der Waals surface area contributed by atoms with Crippen LogP contribution in [-0.4, -0.2) is 14.1 Å². The molecular formula is C35H21N3O. The van der Waals surface area contributed by atoms with Crippen LogP contribution in [0.4, 0.5) is 0 Å². The fourth-order valence-electron chi connectivity index (χ4n) is 6.49. The second-order valence-electron chi connectivity index (χ2n) is 10.00. The molecule has 0 aliphatic heterocycles. The molecule has 9 aromatic rings. The molecular weight excluding hydrogens is 478 g/mol. The maximum Gasteiger partial charge on any atom is 0.146 e. The van der Waals surface area contributed by atoms with E-state index in [2.05, 4.69) is 123 Å². The Morgan fingerprint density at radius 1 is 0.462 bits per heavy atom. The third kappa shape index (κ3) is 2.65. The number of pyridine rings is 1. The second-order valence-corrected chi connectivity index (χ2v) is 10.00. The Hall–Kier alpha value is -5.35. The Balaban J connectivity index is 1.71. The fourth-order valence-corrected chi connectivity index (χ4v) is 6.49. The van der Waals surface area contributed by atoms with E-state index in [1.165, 1.54) is 27.2 Å². The molecule has 39 heavy (non-hydrogen) atoms. The summed E-state index contributed by atoms with van der Waals surface area (Å²) in [6.45, 7) is 0. The van der Waals surface area contributed by atoms with Crippen molar-refractivity contribution in [3.05, 3.63) is 128 Å². The van der Waals surface area contributed by atoms with E-state index in [0.29, 0.717) is 0 Å². The van der Waals surface area contributed by atoms with Gasteiger partial charge in [-0.15, -0.1) is 0 Å². The summed E-state index contributed by atoms with van der Waals surface area (Å²) < 4.78 is 11.6. The molecule has 9 rings (SSSR count). The van der Waals surface area contributed by atoms with Gasteiger partial charge in [-0.2, -0.15) is 0 Å². The summed E-state index contributed by atoms with van der Waals surface area (Å²) in [5.41, 5.74) is 8.63. The van der Waals surface area contributed by atoms with Crippen LogP contribution >= 0.6 is 0 Å². The van der Waals surface area contributed by atoms with Gasteiger partial charge in [-0.3, -0.25) is 4.98 Å². The summed E-state index contributed by atoms with van der Waals surface area (Å²) in [6.07, 6.45) is 3.72. The van der Waals surface area contributed by atoms with Crippen LogP contribution in [0.25, 0.3) is 76.9 Å². The van der Waals surface area contributed by atoms with Crippen LogP contribution in [0, 0.1) is 0 Å². The van der Waals surface area contributed by atoms with Gasteiger partial charge in [0, 0.05) is 50.7 Å². The van der Waals surface area contributed by atoms with Crippen LogP contribution < -0.4 is 0 Å². The van der Waals surface area contributed by atoms with E-state index in [4.69, 9.17) is 4.42 Å². The van der Waals surface area contributed by atoms with Crippen molar-refractivity contribution in [2.24, 2.45) is 0 Å². The molecule has 182 valence electrons. The fraction of sp³-hybridized carbons (Fsp3) is 0. The average Bonchev–Trinajstić information content (AvgIpc) is 3.66. The largest absolute Gasteiger partial charge is 0.455 e. The zero-order valence-corrected chi connectivity index (χ0v) is 20.9. The van der Waals surface area contributed by atoms with Gasteiger partial charge in [0.2, 0.25) is 0 Å². The Bertz CT molecular complexity index is 2370. The number of rotatable bonds is 2. The maximum atomic E-state index is 6.76. The third-order valence-electron chi connectivity index (χ3n) is 7.98. The molecule has 0 saturated carbocycles. The number of hydrogen-bond donors (Lipinski definition) is 0. The number of nitrogens with zero attached hydrogens (tertiary/aromatic N) is 3. The van der Waals surface area contributed by atoms with Gasteiger partial charge in [0.15, 0.2) is 0 Å². The topological polar surface area (TPSA) is 35.9 Å². The van der Waals surface area contributed by atoms with Gasteiger partial charge in [-0.05, 0) is 42.5 Å². The highest BCUT2D eigenvalue weighted by Crippen LogP contribution is 2.49. The van der Waals surface area contributed by atoms with Crippen LogP contribution in [0.15, 0.2) is 132 Å². The Morgan fingerprint density at radius 2 is 1.00 bits per heavy atom. The molecule has 0 spiro atoms. The molecule has 0 saturated heterocycles. The van der Waals surface area contributed by atoms with Crippen molar-refractivity contribution in [2.75, 3.05) is 0 Å². The van der Waals surface area contributed by atoms with E-state index in [9.17, 15) is 0 Å². The van der Waals surface area contributed by atoms with Crippen molar-refractivity contribution >= 4 is 65.6 Å². The molecule has 4 heterocycles. The van der Waals surface area contributed by atoms with Crippen molar-refractivity contribution < 1.29 is 4.42 Å². The Labute approximate surface area is 222 Å². The van der Waals surface area contributed by atoms with Crippen LogP contribution in [0.1, 0.15) is 0 Å². The summed E-state index contributed by atoms with van der Waals surface area (Å²) in [4.78, 5) is 4.32. The molecule has 0 unspecified atom stereocenters. The Kier molecular flexibility index (Phi) is 4.02. The Morgan fingerprint density at radius 3 is 1.72 bits per heavy atom. The van der Waals surface area contributed by atoms with Crippen molar-refractivity contribution in [1.82, 2.24) is 14.1 Å². The van der Waals surface area contributed by atoms with Crippen LogP contribution in [-0.2, 0) is 0 Å². The minimum atomic E-state index is 0.901. The summed E-state index contributed by atoms with van der Waals surface area (Å²) in [5, 5.41) is 7.01. The van der Waals surface area contributed by atoms with Crippen LogP contribution in [0.2, 0.25) is 0 Å². The van der Waals surface area contributed by atoms with E-state index < -0.39 is 0 Å². The zero-order valence-electron chi connectivity index (χ0n) is 20.9. The lowest BCUT2D eigenvalue weighted by Gasteiger charge is -2.12. The van der Waals surface area contributed by atoms with Crippen LogP contribution in [0.3, 0.4) is 0 Å². The van der Waals surface area contributed by atoms with Gasteiger partial charge in [-0.1, -0.05) is 72.8 Å². The smallest absolute Gasteiger partial charge is 0.146 e. The number of benzene rings is 5. The maximum absolute atomic E-state index is 6.76. The molecule has 0 atom stereocenters. The van der Waals surface area contributed by atoms with Gasteiger partial charge in [0.05, 0.1) is 27.5 Å². The monoisotopic (exact) mass is 499 g/mol. The molecule has 0 fully saturated rings. The number of aromatic nitrogens is 3. The molecule has 5 aromatic carbocycles. The van der Waals surface area contributed by atoms with Crippen molar-refractivity contribution in [1.29, 1.82) is 0 Å². The first-order valence-corrected chi connectivity index (χ1v) is 13.2. The molecule has 4 aromatic heterocycles. The molecule has 0 radical (unpaired) electrons. The summed E-state index contributed by atoms with van der Waals surface area (Å²) >= 11 is 0. The highest BCUT2D eigenvalue weighted by molar-refractivity contribution is 6.39. The molecule has 0 bridgehead atoms. The first-order valence-electron chi connectivity index (χ1n) is 13.2. The number of furan rings is 1.